The van der Waals surface area contributed by atoms with E-state index in [9.17, 15) is 4.79 Å². The molecule has 7 heteroatoms. The van der Waals surface area contributed by atoms with Gasteiger partial charge in [0.1, 0.15) is 0 Å². The SMILES string of the molecule is Cc1nc(C)c(CNC(=O)[C@H]2CCCN(c3ccc(-c4ccccc4C)nn3)C2)s1. The van der Waals surface area contributed by atoms with Gasteiger partial charge in [0.05, 0.1) is 28.9 Å². The minimum absolute atomic E-state index is 0.0362. The second-order valence-corrected chi connectivity index (χ2v) is 9.12. The van der Waals surface area contributed by atoms with Crippen molar-refractivity contribution in [1.82, 2.24) is 20.5 Å². The molecule has 0 spiro atoms. The van der Waals surface area contributed by atoms with Gasteiger partial charge in [0, 0.05) is 23.5 Å². The summed E-state index contributed by atoms with van der Waals surface area (Å²) in [5.41, 5.74) is 4.16. The van der Waals surface area contributed by atoms with Crippen molar-refractivity contribution < 1.29 is 4.79 Å². The molecule has 30 heavy (non-hydrogen) atoms. The van der Waals surface area contributed by atoms with Crippen molar-refractivity contribution in [3.8, 4) is 11.3 Å². The lowest BCUT2D eigenvalue weighted by Crippen LogP contribution is -2.43. The van der Waals surface area contributed by atoms with Crippen LogP contribution in [0.2, 0.25) is 0 Å². The fourth-order valence-corrected chi connectivity index (χ4v) is 4.82. The van der Waals surface area contributed by atoms with Gasteiger partial charge >= 0.3 is 0 Å². The molecule has 3 heterocycles. The number of hydrogen-bond donors (Lipinski definition) is 1. The van der Waals surface area contributed by atoms with Crippen LogP contribution in [0, 0.1) is 26.7 Å². The first-order valence-electron chi connectivity index (χ1n) is 10.4. The first kappa shape index (κ1) is 20.5. The number of thiazole rings is 1. The number of nitrogens with one attached hydrogen (secondary N) is 1. The van der Waals surface area contributed by atoms with Gasteiger partial charge in [0.15, 0.2) is 5.82 Å². The van der Waals surface area contributed by atoms with Crippen molar-refractivity contribution in [1.29, 1.82) is 0 Å². The molecule has 0 bridgehead atoms. The lowest BCUT2D eigenvalue weighted by Gasteiger charge is -2.32. The Labute approximate surface area is 181 Å². The Morgan fingerprint density at radius 3 is 2.70 bits per heavy atom. The van der Waals surface area contributed by atoms with Crippen molar-refractivity contribution in [2.75, 3.05) is 18.0 Å². The van der Waals surface area contributed by atoms with E-state index in [2.05, 4.69) is 44.5 Å². The van der Waals surface area contributed by atoms with Gasteiger partial charge in [-0.15, -0.1) is 21.5 Å². The van der Waals surface area contributed by atoms with Crippen LogP contribution >= 0.6 is 11.3 Å². The minimum atomic E-state index is -0.0362. The number of amides is 1. The van der Waals surface area contributed by atoms with Crippen LogP contribution in [0.25, 0.3) is 11.3 Å². The molecule has 0 saturated carbocycles. The van der Waals surface area contributed by atoms with Crippen LogP contribution in [-0.4, -0.2) is 34.2 Å². The average molecular weight is 422 g/mol. The molecule has 2 aromatic heterocycles. The van der Waals surface area contributed by atoms with Crippen molar-refractivity contribution in [2.24, 2.45) is 5.92 Å². The molecule has 1 fully saturated rings. The maximum atomic E-state index is 12.8. The van der Waals surface area contributed by atoms with E-state index >= 15 is 0 Å². The van der Waals surface area contributed by atoms with E-state index in [0.29, 0.717) is 13.1 Å². The van der Waals surface area contributed by atoms with E-state index in [0.717, 1.165) is 52.0 Å². The second kappa shape index (κ2) is 8.92. The molecule has 3 aromatic rings. The van der Waals surface area contributed by atoms with E-state index < -0.39 is 0 Å². The molecule has 1 aromatic carbocycles. The highest BCUT2D eigenvalue weighted by Crippen LogP contribution is 2.25. The number of hydrogen-bond acceptors (Lipinski definition) is 6. The van der Waals surface area contributed by atoms with Crippen LogP contribution in [0.5, 0.6) is 0 Å². The van der Waals surface area contributed by atoms with Gasteiger partial charge in [0.25, 0.3) is 0 Å². The fraction of sp³-hybridized carbons (Fsp3) is 0.391. The summed E-state index contributed by atoms with van der Waals surface area (Å²) in [4.78, 5) is 20.5. The highest BCUT2D eigenvalue weighted by atomic mass is 32.1. The molecule has 1 amide bonds. The largest absolute Gasteiger partial charge is 0.354 e. The van der Waals surface area contributed by atoms with Gasteiger partial charge < -0.3 is 10.2 Å². The summed E-state index contributed by atoms with van der Waals surface area (Å²) >= 11 is 1.65. The Bertz CT molecular complexity index is 1030. The summed E-state index contributed by atoms with van der Waals surface area (Å²) in [6.07, 6.45) is 1.87. The van der Waals surface area contributed by atoms with Gasteiger partial charge in [0.2, 0.25) is 5.91 Å². The number of carbonyl (C=O) groups is 1. The van der Waals surface area contributed by atoms with E-state index in [1.54, 1.807) is 11.3 Å². The summed E-state index contributed by atoms with van der Waals surface area (Å²) in [6.45, 7) is 8.19. The lowest BCUT2D eigenvalue weighted by molar-refractivity contribution is -0.125. The number of nitrogens with zero attached hydrogens (tertiary/aromatic N) is 4. The Balaban J connectivity index is 1.39. The van der Waals surface area contributed by atoms with Crippen molar-refractivity contribution in [3.63, 3.8) is 0 Å². The third-order valence-electron chi connectivity index (χ3n) is 5.61. The van der Waals surface area contributed by atoms with E-state index in [1.165, 1.54) is 5.56 Å². The maximum absolute atomic E-state index is 12.8. The Hall–Kier alpha value is -2.80. The standard InChI is InChI=1S/C23H27N5OS/c1-15-7-4-5-9-19(15)20-10-11-22(27-26-20)28-12-6-8-18(14-28)23(29)24-13-21-16(2)25-17(3)30-21/h4-5,7,9-11,18H,6,8,12-14H2,1-3H3,(H,24,29)/t18-/m0/s1. The number of rotatable bonds is 5. The zero-order valence-electron chi connectivity index (χ0n) is 17.7. The zero-order valence-corrected chi connectivity index (χ0v) is 18.5. The fourth-order valence-electron chi connectivity index (χ4n) is 3.95. The summed E-state index contributed by atoms with van der Waals surface area (Å²) in [6, 6.07) is 12.2. The molecule has 0 unspecified atom stereocenters. The topological polar surface area (TPSA) is 71.0 Å². The number of aromatic nitrogens is 3. The van der Waals surface area contributed by atoms with Gasteiger partial charge in [-0.05, 0) is 51.3 Å². The quantitative estimate of drug-likeness (QED) is 0.673. The van der Waals surface area contributed by atoms with E-state index in [1.807, 2.05) is 38.1 Å². The maximum Gasteiger partial charge on any atom is 0.225 e. The summed E-state index contributed by atoms with van der Waals surface area (Å²) < 4.78 is 0. The molecule has 1 aliphatic rings. The van der Waals surface area contributed by atoms with E-state index in [4.69, 9.17) is 0 Å². The molecular formula is C23H27N5OS. The molecule has 1 atom stereocenters. The van der Waals surface area contributed by atoms with Gasteiger partial charge in [-0.2, -0.15) is 0 Å². The number of anilines is 1. The minimum Gasteiger partial charge on any atom is -0.354 e. The number of piperidine rings is 1. The predicted molar refractivity (Wildman–Crippen MR) is 121 cm³/mol. The van der Waals surface area contributed by atoms with Crippen molar-refractivity contribution in [2.45, 2.75) is 40.2 Å². The van der Waals surface area contributed by atoms with Crippen LogP contribution < -0.4 is 10.2 Å². The zero-order chi connectivity index (χ0) is 21.1. The summed E-state index contributed by atoms with van der Waals surface area (Å²) in [5, 5.41) is 13.0. The first-order valence-corrected chi connectivity index (χ1v) is 11.2. The Kier molecular flexibility index (Phi) is 6.08. The molecule has 0 radical (unpaired) electrons. The molecule has 1 saturated heterocycles. The number of aryl methyl sites for hydroxylation is 3. The second-order valence-electron chi connectivity index (χ2n) is 7.84. The molecule has 1 aliphatic heterocycles. The Morgan fingerprint density at radius 2 is 2.00 bits per heavy atom. The van der Waals surface area contributed by atoms with Crippen molar-refractivity contribution in [3.05, 3.63) is 57.5 Å². The van der Waals surface area contributed by atoms with E-state index in [-0.39, 0.29) is 11.8 Å². The number of benzene rings is 1. The average Bonchev–Trinajstić information content (AvgIpc) is 3.09. The Morgan fingerprint density at radius 1 is 1.17 bits per heavy atom. The third kappa shape index (κ3) is 4.51. The molecule has 6 nitrogen and oxygen atoms in total. The van der Waals surface area contributed by atoms with Crippen LogP contribution in [0.4, 0.5) is 5.82 Å². The van der Waals surface area contributed by atoms with Gasteiger partial charge in [-0.3, -0.25) is 4.79 Å². The van der Waals surface area contributed by atoms with Crippen LogP contribution in [0.1, 0.15) is 34.0 Å². The first-order chi connectivity index (χ1) is 14.5. The smallest absolute Gasteiger partial charge is 0.225 e. The monoisotopic (exact) mass is 421 g/mol. The van der Waals surface area contributed by atoms with Crippen LogP contribution in [0.3, 0.4) is 0 Å². The third-order valence-corrected chi connectivity index (χ3v) is 6.68. The summed E-state index contributed by atoms with van der Waals surface area (Å²) in [7, 11) is 0. The van der Waals surface area contributed by atoms with Crippen LogP contribution in [-0.2, 0) is 11.3 Å². The number of carbonyl (C=O) groups excluding carboxylic acids is 1. The van der Waals surface area contributed by atoms with Crippen LogP contribution in [0.15, 0.2) is 36.4 Å². The molecule has 0 aliphatic carbocycles. The van der Waals surface area contributed by atoms with Gasteiger partial charge in [-0.25, -0.2) is 4.98 Å². The predicted octanol–water partition coefficient (Wildman–Crippen LogP) is 4.06. The summed E-state index contributed by atoms with van der Waals surface area (Å²) in [5.74, 6) is 0.902. The lowest BCUT2D eigenvalue weighted by atomic mass is 9.97. The normalized spacial score (nSPS) is 16.5. The molecular weight excluding hydrogens is 394 g/mol. The molecule has 156 valence electrons. The highest BCUT2D eigenvalue weighted by Gasteiger charge is 2.27. The van der Waals surface area contributed by atoms with Gasteiger partial charge in [-0.1, -0.05) is 24.3 Å². The molecule has 4 rings (SSSR count). The highest BCUT2D eigenvalue weighted by molar-refractivity contribution is 7.11. The van der Waals surface area contributed by atoms with Crippen molar-refractivity contribution >= 4 is 23.1 Å². The molecule has 1 N–H and O–H groups in total.